The van der Waals surface area contributed by atoms with Crippen molar-refractivity contribution >= 4 is 17.2 Å². The van der Waals surface area contributed by atoms with Crippen LogP contribution in [0.4, 0.5) is 0 Å². The molecule has 1 heterocycles. The number of aliphatic hydroxyl groups excluding tert-OH is 1. The molecule has 2 atom stereocenters. The number of hydrogen-bond donors (Lipinski definition) is 2. The van der Waals surface area contributed by atoms with Gasteiger partial charge in [-0.3, -0.25) is 4.79 Å². The Hall–Kier alpha value is -1.92. The smallest absolute Gasteiger partial charge is 0.263 e. The molecule has 1 aliphatic carbocycles. The molecule has 0 bridgehead atoms. The number of nitrogens with zero attached hydrogens (tertiary/aromatic N) is 1. The molecule has 0 aliphatic heterocycles. The minimum absolute atomic E-state index is 0.0581. The van der Waals surface area contributed by atoms with Gasteiger partial charge >= 0.3 is 0 Å². The quantitative estimate of drug-likeness (QED) is 0.873. The number of aliphatic hydroxyl groups is 1. The van der Waals surface area contributed by atoms with Gasteiger partial charge in [-0.15, -0.1) is 11.3 Å². The molecule has 24 heavy (non-hydrogen) atoms. The van der Waals surface area contributed by atoms with E-state index in [1.165, 1.54) is 11.3 Å². The molecule has 3 rings (SSSR count). The van der Waals surface area contributed by atoms with Gasteiger partial charge in [-0.25, -0.2) is 4.98 Å². The molecule has 1 amide bonds. The van der Waals surface area contributed by atoms with E-state index >= 15 is 0 Å². The average Bonchev–Trinajstić information content (AvgIpc) is 3.12. The second-order valence-corrected chi connectivity index (χ2v) is 7.10. The minimum Gasteiger partial charge on any atom is -0.497 e. The van der Waals surface area contributed by atoms with Crippen molar-refractivity contribution in [3.05, 3.63) is 35.3 Å². The Labute approximate surface area is 145 Å². The Morgan fingerprint density at radius 2 is 2.08 bits per heavy atom. The summed E-state index contributed by atoms with van der Waals surface area (Å²) in [5, 5.41) is 13.4. The zero-order valence-corrected chi connectivity index (χ0v) is 14.5. The van der Waals surface area contributed by atoms with E-state index in [1.54, 1.807) is 13.3 Å². The molecule has 1 fully saturated rings. The number of carbonyl (C=O) groups is 1. The van der Waals surface area contributed by atoms with E-state index in [0.717, 1.165) is 42.0 Å². The molecule has 0 spiro atoms. The molecule has 1 aromatic carbocycles. The van der Waals surface area contributed by atoms with E-state index in [4.69, 9.17) is 4.74 Å². The molecule has 5 nitrogen and oxygen atoms in total. The second-order valence-electron chi connectivity index (χ2n) is 6.07. The van der Waals surface area contributed by atoms with Crippen molar-refractivity contribution in [1.29, 1.82) is 0 Å². The molecule has 1 aliphatic rings. The summed E-state index contributed by atoms with van der Waals surface area (Å²) in [5.74, 6) is 0.856. The summed E-state index contributed by atoms with van der Waals surface area (Å²) in [4.78, 5) is 17.4. The Balaban J connectivity index is 1.68. The van der Waals surface area contributed by atoms with Gasteiger partial charge in [0.15, 0.2) is 0 Å². The van der Waals surface area contributed by atoms with Crippen LogP contribution in [0.2, 0.25) is 0 Å². The summed E-state index contributed by atoms with van der Waals surface area (Å²) in [7, 11) is 1.63. The zero-order chi connectivity index (χ0) is 16.9. The van der Waals surface area contributed by atoms with Crippen molar-refractivity contribution in [2.24, 2.45) is 5.92 Å². The monoisotopic (exact) mass is 346 g/mol. The van der Waals surface area contributed by atoms with Gasteiger partial charge in [0.25, 0.3) is 5.91 Å². The van der Waals surface area contributed by atoms with Gasteiger partial charge < -0.3 is 15.2 Å². The fourth-order valence-corrected chi connectivity index (χ4v) is 3.93. The van der Waals surface area contributed by atoms with E-state index in [1.807, 2.05) is 24.3 Å². The number of nitrogens with one attached hydrogen (secondary N) is 1. The summed E-state index contributed by atoms with van der Waals surface area (Å²) in [6.07, 6.45) is 5.75. The summed E-state index contributed by atoms with van der Waals surface area (Å²) < 4.78 is 5.15. The van der Waals surface area contributed by atoms with Crippen molar-refractivity contribution in [2.75, 3.05) is 13.7 Å². The van der Waals surface area contributed by atoms with Crippen LogP contribution in [0, 0.1) is 5.92 Å². The molecule has 2 aromatic rings. The van der Waals surface area contributed by atoms with Crippen molar-refractivity contribution in [3.8, 4) is 16.3 Å². The van der Waals surface area contributed by atoms with Crippen LogP contribution < -0.4 is 10.1 Å². The first-order valence-electron chi connectivity index (χ1n) is 8.23. The number of carbonyl (C=O) groups excluding carboxylic acids is 1. The molecule has 128 valence electrons. The van der Waals surface area contributed by atoms with Gasteiger partial charge in [0.05, 0.1) is 13.3 Å². The molecule has 0 saturated heterocycles. The third kappa shape index (κ3) is 3.76. The summed E-state index contributed by atoms with van der Waals surface area (Å²) >= 11 is 1.38. The number of rotatable bonds is 5. The number of aromatic nitrogens is 1. The predicted molar refractivity (Wildman–Crippen MR) is 94.4 cm³/mol. The molecular weight excluding hydrogens is 324 g/mol. The van der Waals surface area contributed by atoms with Crippen LogP contribution in [0.25, 0.3) is 10.6 Å². The summed E-state index contributed by atoms with van der Waals surface area (Å²) in [5.41, 5.74) is 0.964. The topological polar surface area (TPSA) is 71.5 Å². The van der Waals surface area contributed by atoms with Crippen LogP contribution in [0.1, 0.15) is 35.4 Å². The third-order valence-corrected chi connectivity index (χ3v) is 5.57. The maximum atomic E-state index is 12.5. The predicted octanol–water partition coefficient (Wildman–Crippen LogP) is 3.10. The maximum Gasteiger partial charge on any atom is 0.263 e. The number of methoxy groups -OCH3 is 1. The van der Waals surface area contributed by atoms with E-state index in [2.05, 4.69) is 10.3 Å². The highest BCUT2D eigenvalue weighted by molar-refractivity contribution is 7.16. The van der Waals surface area contributed by atoms with Crippen LogP contribution in [-0.4, -0.2) is 35.8 Å². The highest BCUT2D eigenvalue weighted by Gasteiger charge is 2.26. The Morgan fingerprint density at radius 1 is 1.33 bits per heavy atom. The molecule has 1 aromatic heterocycles. The first-order valence-corrected chi connectivity index (χ1v) is 9.05. The largest absolute Gasteiger partial charge is 0.497 e. The number of benzene rings is 1. The van der Waals surface area contributed by atoms with E-state index in [-0.39, 0.29) is 24.5 Å². The van der Waals surface area contributed by atoms with Crippen LogP contribution in [0.15, 0.2) is 30.5 Å². The second kappa shape index (κ2) is 7.77. The SMILES string of the molecule is COc1ccc(-c2ncc(C(=O)NC3CCCCC3CO)s2)cc1. The zero-order valence-electron chi connectivity index (χ0n) is 13.7. The van der Waals surface area contributed by atoms with Crippen LogP contribution >= 0.6 is 11.3 Å². The lowest BCUT2D eigenvalue weighted by molar-refractivity contribution is 0.0876. The summed E-state index contributed by atoms with van der Waals surface area (Å²) in [6.45, 7) is 0.130. The molecule has 6 heteroatoms. The lowest BCUT2D eigenvalue weighted by atomic mass is 9.85. The fraction of sp³-hybridized carbons (Fsp3) is 0.444. The average molecular weight is 346 g/mol. The van der Waals surface area contributed by atoms with Gasteiger partial charge in [-0.1, -0.05) is 12.8 Å². The molecular formula is C18H22N2O3S. The van der Waals surface area contributed by atoms with Gasteiger partial charge in [0, 0.05) is 24.1 Å². The standard InChI is InChI=1S/C18H22N2O3S/c1-23-14-8-6-12(7-9-14)18-19-10-16(24-18)17(22)20-15-5-3-2-4-13(15)11-21/h6-10,13,15,21H,2-5,11H2,1H3,(H,20,22). The number of amides is 1. The fourth-order valence-electron chi connectivity index (χ4n) is 3.10. The Bertz CT molecular complexity index is 684. The Kier molecular flexibility index (Phi) is 5.48. The first kappa shape index (κ1) is 16.9. The van der Waals surface area contributed by atoms with Crippen molar-refractivity contribution in [1.82, 2.24) is 10.3 Å². The normalized spacial score (nSPS) is 20.6. The van der Waals surface area contributed by atoms with Crippen molar-refractivity contribution in [2.45, 2.75) is 31.7 Å². The number of ether oxygens (including phenoxy) is 1. The van der Waals surface area contributed by atoms with Crippen LogP contribution in [-0.2, 0) is 0 Å². The van der Waals surface area contributed by atoms with Crippen molar-refractivity contribution < 1.29 is 14.6 Å². The highest BCUT2D eigenvalue weighted by atomic mass is 32.1. The third-order valence-electron chi connectivity index (χ3n) is 4.53. The lowest BCUT2D eigenvalue weighted by Gasteiger charge is -2.30. The van der Waals surface area contributed by atoms with E-state index in [9.17, 15) is 9.90 Å². The minimum atomic E-state index is -0.0994. The van der Waals surface area contributed by atoms with E-state index < -0.39 is 0 Å². The maximum absolute atomic E-state index is 12.5. The lowest BCUT2D eigenvalue weighted by Crippen LogP contribution is -2.43. The molecule has 1 saturated carbocycles. The van der Waals surface area contributed by atoms with Crippen LogP contribution in [0.3, 0.4) is 0 Å². The number of thiazole rings is 1. The molecule has 2 N–H and O–H groups in total. The van der Waals surface area contributed by atoms with Gasteiger partial charge in [-0.05, 0) is 37.1 Å². The van der Waals surface area contributed by atoms with E-state index in [0.29, 0.717) is 4.88 Å². The van der Waals surface area contributed by atoms with Gasteiger partial charge in [0.2, 0.25) is 0 Å². The first-order chi connectivity index (χ1) is 11.7. The highest BCUT2D eigenvalue weighted by Crippen LogP contribution is 2.28. The molecule has 2 unspecified atom stereocenters. The van der Waals surface area contributed by atoms with Crippen LogP contribution in [0.5, 0.6) is 5.75 Å². The van der Waals surface area contributed by atoms with Gasteiger partial charge in [-0.2, -0.15) is 0 Å². The van der Waals surface area contributed by atoms with Crippen molar-refractivity contribution in [3.63, 3.8) is 0 Å². The number of hydrogen-bond acceptors (Lipinski definition) is 5. The molecule has 0 radical (unpaired) electrons. The Morgan fingerprint density at radius 3 is 2.79 bits per heavy atom. The van der Waals surface area contributed by atoms with Gasteiger partial charge in [0.1, 0.15) is 15.6 Å². The summed E-state index contributed by atoms with van der Waals surface area (Å²) in [6, 6.07) is 7.68.